The first-order valence-electron chi connectivity index (χ1n) is 11.6. The first kappa shape index (κ1) is 27.0. The molecule has 3 rings (SSSR count). The van der Waals surface area contributed by atoms with Crippen molar-refractivity contribution in [2.45, 2.75) is 64.0 Å². The lowest BCUT2D eigenvalue weighted by Gasteiger charge is -2.40. The van der Waals surface area contributed by atoms with E-state index in [9.17, 15) is 31.1 Å². The number of alkyl halides is 6. The van der Waals surface area contributed by atoms with E-state index in [1.54, 1.807) is 0 Å². The van der Waals surface area contributed by atoms with Gasteiger partial charge in [0.15, 0.2) is 0 Å². The van der Waals surface area contributed by atoms with Gasteiger partial charge in [0.25, 0.3) is 0 Å². The van der Waals surface area contributed by atoms with Crippen molar-refractivity contribution in [1.82, 2.24) is 4.90 Å². The van der Waals surface area contributed by atoms with Crippen molar-refractivity contribution in [3.05, 3.63) is 70.3 Å². The van der Waals surface area contributed by atoms with Crippen LogP contribution in [0.4, 0.5) is 26.3 Å². The SMILES string of the molecule is CCCc1ccc(C(F)(F)F)cc1CN1CC[C@H](CC(=O)OC)C[C@@H]1c1ccc(C(F)(F)F)cc1. The van der Waals surface area contributed by atoms with Gasteiger partial charge in [0.2, 0.25) is 0 Å². The van der Waals surface area contributed by atoms with Gasteiger partial charge < -0.3 is 4.74 Å². The highest BCUT2D eigenvalue weighted by molar-refractivity contribution is 5.69. The lowest BCUT2D eigenvalue weighted by Crippen LogP contribution is -2.37. The van der Waals surface area contributed by atoms with Crippen LogP contribution >= 0.6 is 0 Å². The molecule has 2 aromatic carbocycles. The summed E-state index contributed by atoms with van der Waals surface area (Å²) in [7, 11) is 1.30. The fourth-order valence-electron chi connectivity index (χ4n) is 4.70. The molecule has 192 valence electrons. The van der Waals surface area contributed by atoms with Crippen molar-refractivity contribution in [1.29, 1.82) is 0 Å². The Labute approximate surface area is 201 Å². The highest BCUT2D eigenvalue weighted by Crippen LogP contribution is 2.39. The zero-order valence-electron chi connectivity index (χ0n) is 19.7. The smallest absolute Gasteiger partial charge is 0.416 e. The number of carbonyl (C=O) groups is 1. The number of halogens is 6. The molecule has 1 aliphatic rings. The first-order chi connectivity index (χ1) is 16.4. The van der Waals surface area contributed by atoms with Gasteiger partial charge in [-0.15, -0.1) is 0 Å². The van der Waals surface area contributed by atoms with Gasteiger partial charge in [-0.25, -0.2) is 0 Å². The molecule has 0 saturated carbocycles. The normalized spacial score (nSPS) is 19.5. The van der Waals surface area contributed by atoms with Gasteiger partial charge in [-0.2, -0.15) is 26.3 Å². The van der Waals surface area contributed by atoms with Crippen LogP contribution in [0.25, 0.3) is 0 Å². The quantitative estimate of drug-likeness (QED) is 0.297. The second-order valence-corrected chi connectivity index (χ2v) is 9.01. The molecule has 1 aliphatic heterocycles. The van der Waals surface area contributed by atoms with Crippen LogP contribution in [0.2, 0.25) is 0 Å². The Kier molecular flexibility index (Phi) is 8.51. The summed E-state index contributed by atoms with van der Waals surface area (Å²) in [6, 6.07) is 8.30. The number of hydrogen-bond donors (Lipinski definition) is 0. The predicted molar refractivity (Wildman–Crippen MR) is 119 cm³/mol. The van der Waals surface area contributed by atoms with E-state index in [0.29, 0.717) is 36.9 Å². The summed E-state index contributed by atoms with van der Waals surface area (Å²) in [6.45, 7) is 2.68. The number of carbonyl (C=O) groups excluding carboxylic acids is 1. The van der Waals surface area contributed by atoms with E-state index >= 15 is 0 Å². The van der Waals surface area contributed by atoms with Crippen LogP contribution < -0.4 is 0 Å². The van der Waals surface area contributed by atoms with E-state index in [1.165, 1.54) is 31.4 Å². The lowest BCUT2D eigenvalue weighted by atomic mass is 9.84. The highest BCUT2D eigenvalue weighted by atomic mass is 19.4. The molecule has 1 heterocycles. The third-order valence-corrected chi connectivity index (χ3v) is 6.55. The topological polar surface area (TPSA) is 29.5 Å². The number of nitrogens with zero attached hydrogens (tertiary/aromatic N) is 1. The van der Waals surface area contributed by atoms with Gasteiger partial charge in [-0.1, -0.05) is 31.5 Å². The Morgan fingerprint density at radius 3 is 2.17 bits per heavy atom. The first-order valence-corrected chi connectivity index (χ1v) is 11.6. The van der Waals surface area contributed by atoms with Gasteiger partial charge in [0.05, 0.1) is 18.2 Å². The Bertz CT molecular complexity index is 1000. The summed E-state index contributed by atoms with van der Waals surface area (Å²) in [5.41, 5.74) is 0.529. The van der Waals surface area contributed by atoms with Crippen molar-refractivity contribution >= 4 is 5.97 Å². The summed E-state index contributed by atoms with van der Waals surface area (Å²) in [4.78, 5) is 13.8. The van der Waals surface area contributed by atoms with Gasteiger partial charge in [-0.05, 0) is 72.7 Å². The second kappa shape index (κ2) is 11.0. The minimum absolute atomic E-state index is 0.0392. The molecule has 0 amide bonds. The second-order valence-electron chi connectivity index (χ2n) is 9.01. The summed E-state index contributed by atoms with van der Waals surface area (Å²) >= 11 is 0. The highest BCUT2D eigenvalue weighted by Gasteiger charge is 2.35. The maximum Gasteiger partial charge on any atom is 0.416 e. The minimum Gasteiger partial charge on any atom is -0.469 e. The van der Waals surface area contributed by atoms with Crippen LogP contribution in [-0.4, -0.2) is 24.5 Å². The number of ether oxygens (including phenoxy) is 1. The summed E-state index contributed by atoms with van der Waals surface area (Å²) < 4.78 is 84.2. The standard InChI is InChI=1S/C26H29F6NO2/c1-3-4-18-5-10-22(26(30,31)32)15-20(18)16-33-12-11-17(14-24(34)35-2)13-23(33)19-6-8-21(9-7-19)25(27,28)29/h5-10,15,17,23H,3-4,11-14,16H2,1-2H3/t17-,23+/m0/s1. The number of methoxy groups -OCH3 is 1. The Morgan fingerprint density at radius 1 is 0.971 bits per heavy atom. The summed E-state index contributed by atoms with van der Waals surface area (Å²) in [6.07, 6.45) is -6.24. The van der Waals surface area contributed by atoms with E-state index < -0.39 is 23.5 Å². The summed E-state index contributed by atoms with van der Waals surface area (Å²) in [5.74, 6) is -0.402. The molecule has 2 atom stereocenters. The predicted octanol–water partition coefficient (Wildman–Crippen LogP) is 7.19. The molecule has 0 spiro atoms. The average molecular weight is 502 g/mol. The fraction of sp³-hybridized carbons (Fsp3) is 0.500. The molecule has 1 saturated heterocycles. The molecule has 0 N–H and O–H groups in total. The number of benzene rings is 2. The largest absolute Gasteiger partial charge is 0.469 e. The molecule has 0 radical (unpaired) electrons. The molecular formula is C26H29F6NO2. The van der Waals surface area contributed by atoms with Crippen LogP contribution in [-0.2, 0) is 34.8 Å². The molecule has 3 nitrogen and oxygen atoms in total. The van der Waals surface area contributed by atoms with Gasteiger partial charge in [0.1, 0.15) is 0 Å². The Hall–Kier alpha value is -2.55. The van der Waals surface area contributed by atoms with Crippen molar-refractivity contribution in [2.75, 3.05) is 13.7 Å². The van der Waals surface area contributed by atoms with Crippen LogP contribution in [0.3, 0.4) is 0 Å². The number of aryl methyl sites for hydroxylation is 1. The Balaban J connectivity index is 1.94. The van der Waals surface area contributed by atoms with Crippen LogP contribution in [0.1, 0.15) is 66.5 Å². The maximum absolute atomic E-state index is 13.4. The number of piperidine rings is 1. The molecule has 1 fully saturated rings. The van der Waals surface area contributed by atoms with E-state index in [2.05, 4.69) is 0 Å². The molecule has 9 heteroatoms. The molecule has 2 aromatic rings. The van der Waals surface area contributed by atoms with Crippen LogP contribution in [0.5, 0.6) is 0 Å². The van der Waals surface area contributed by atoms with Crippen molar-refractivity contribution in [3.63, 3.8) is 0 Å². The molecule has 0 aliphatic carbocycles. The average Bonchev–Trinajstić information content (AvgIpc) is 2.80. The zero-order valence-corrected chi connectivity index (χ0v) is 19.7. The number of rotatable bonds is 7. The van der Waals surface area contributed by atoms with E-state index in [-0.39, 0.29) is 30.9 Å². The van der Waals surface area contributed by atoms with Gasteiger partial charge in [-0.3, -0.25) is 9.69 Å². The fourth-order valence-corrected chi connectivity index (χ4v) is 4.70. The number of likely N-dealkylation sites (tertiary alicyclic amines) is 1. The molecule has 0 aromatic heterocycles. The third-order valence-electron chi connectivity index (χ3n) is 6.55. The van der Waals surface area contributed by atoms with Crippen molar-refractivity contribution in [3.8, 4) is 0 Å². The van der Waals surface area contributed by atoms with Gasteiger partial charge in [0, 0.05) is 19.0 Å². The van der Waals surface area contributed by atoms with Crippen LogP contribution in [0, 0.1) is 5.92 Å². The van der Waals surface area contributed by atoms with E-state index in [0.717, 1.165) is 30.2 Å². The zero-order chi connectivity index (χ0) is 25.8. The lowest BCUT2D eigenvalue weighted by molar-refractivity contribution is -0.142. The van der Waals surface area contributed by atoms with E-state index in [1.807, 2.05) is 11.8 Å². The van der Waals surface area contributed by atoms with Gasteiger partial charge >= 0.3 is 18.3 Å². The maximum atomic E-state index is 13.4. The minimum atomic E-state index is -4.47. The molecule has 0 bridgehead atoms. The number of esters is 1. The molecular weight excluding hydrogens is 472 g/mol. The van der Waals surface area contributed by atoms with Crippen molar-refractivity contribution in [2.24, 2.45) is 5.92 Å². The summed E-state index contributed by atoms with van der Waals surface area (Å²) in [5, 5.41) is 0. The van der Waals surface area contributed by atoms with Crippen LogP contribution in [0.15, 0.2) is 42.5 Å². The third kappa shape index (κ3) is 6.99. The van der Waals surface area contributed by atoms with E-state index in [4.69, 9.17) is 4.74 Å². The monoisotopic (exact) mass is 501 g/mol. The number of hydrogen-bond acceptors (Lipinski definition) is 3. The molecule has 0 unspecified atom stereocenters. The van der Waals surface area contributed by atoms with Crippen molar-refractivity contribution < 1.29 is 35.9 Å². The Morgan fingerprint density at radius 2 is 1.60 bits per heavy atom. The molecule has 35 heavy (non-hydrogen) atoms.